The maximum Gasteiger partial charge on any atom is 0.246 e. The number of benzene rings is 1. The van der Waals surface area contributed by atoms with Crippen LogP contribution in [0.5, 0.6) is 0 Å². The molecule has 0 radical (unpaired) electrons. The molecule has 0 bridgehead atoms. The molecule has 2 fully saturated rings. The van der Waals surface area contributed by atoms with E-state index in [1.165, 1.54) is 6.92 Å². The van der Waals surface area contributed by atoms with Crippen molar-refractivity contribution in [1.82, 2.24) is 20.1 Å². The Kier molecular flexibility index (Phi) is 7.02. The van der Waals surface area contributed by atoms with Gasteiger partial charge >= 0.3 is 0 Å². The molecule has 8 nitrogen and oxygen atoms in total. The van der Waals surface area contributed by atoms with Gasteiger partial charge in [0.05, 0.1) is 12.0 Å². The molecular weight excluding hydrogens is 478 g/mol. The van der Waals surface area contributed by atoms with Crippen molar-refractivity contribution in [3.05, 3.63) is 42.2 Å². The van der Waals surface area contributed by atoms with Crippen LogP contribution in [0.1, 0.15) is 59.9 Å². The van der Waals surface area contributed by atoms with Crippen LogP contribution in [0.4, 0.5) is 0 Å². The van der Waals surface area contributed by atoms with Crippen molar-refractivity contribution in [2.45, 2.75) is 72.5 Å². The Morgan fingerprint density at radius 2 is 1.87 bits per heavy atom. The summed E-state index contributed by atoms with van der Waals surface area (Å²) in [6.45, 7) is 13.8. The van der Waals surface area contributed by atoms with Crippen LogP contribution in [-0.4, -0.2) is 64.2 Å². The van der Waals surface area contributed by atoms with Gasteiger partial charge in [0, 0.05) is 44.3 Å². The summed E-state index contributed by atoms with van der Waals surface area (Å²) >= 11 is 0. The van der Waals surface area contributed by atoms with E-state index in [1.807, 2.05) is 52.0 Å². The predicted molar refractivity (Wildman–Crippen MR) is 146 cm³/mol. The summed E-state index contributed by atoms with van der Waals surface area (Å²) < 4.78 is 0. The van der Waals surface area contributed by atoms with E-state index >= 15 is 0 Å². The smallest absolute Gasteiger partial charge is 0.246 e. The number of rotatable bonds is 6. The van der Waals surface area contributed by atoms with Crippen LogP contribution in [-0.2, 0) is 14.4 Å². The van der Waals surface area contributed by atoms with Crippen LogP contribution in [0.3, 0.4) is 0 Å². The van der Waals surface area contributed by atoms with Gasteiger partial charge in [-0.3, -0.25) is 19.4 Å². The molecule has 38 heavy (non-hydrogen) atoms. The second kappa shape index (κ2) is 9.68. The fourth-order valence-corrected chi connectivity index (χ4v) is 6.27. The van der Waals surface area contributed by atoms with Gasteiger partial charge in [0.1, 0.15) is 12.1 Å². The van der Waals surface area contributed by atoms with Crippen molar-refractivity contribution in [2.24, 2.45) is 22.7 Å². The number of pyridine rings is 1. The molecule has 0 spiro atoms. The Morgan fingerprint density at radius 3 is 2.47 bits per heavy atom. The lowest BCUT2D eigenvalue weighted by atomic mass is 9.85. The number of carbonyl (C=O) groups excluding carboxylic acids is 3. The van der Waals surface area contributed by atoms with E-state index in [9.17, 15) is 19.6 Å². The van der Waals surface area contributed by atoms with Crippen molar-refractivity contribution in [1.29, 1.82) is 5.26 Å². The number of nitrogens with one attached hydrogen (secondary N) is 1. The van der Waals surface area contributed by atoms with E-state index in [1.54, 1.807) is 29.2 Å². The zero-order chi connectivity index (χ0) is 28.2. The van der Waals surface area contributed by atoms with E-state index in [2.05, 4.69) is 30.2 Å². The zero-order valence-electron chi connectivity index (χ0n) is 23.6. The van der Waals surface area contributed by atoms with Crippen LogP contribution >= 0.6 is 0 Å². The number of aromatic nitrogens is 1. The number of hydrogen-bond acceptors (Lipinski definition) is 5. The first-order valence-corrected chi connectivity index (χ1v) is 13.3. The quantitative estimate of drug-likeness (QED) is 0.629. The van der Waals surface area contributed by atoms with Crippen molar-refractivity contribution in [3.63, 3.8) is 0 Å². The molecular formula is C30H39N5O3. The van der Waals surface area contributed by atoms with Crippen LogP contribution in [0, 0.1) is 34.0 Å². The van der Waals surface area contributed by atoms with Gasteiger partial charge in [0.2, 0.25) is 17.7 Å². The SMILES string of the molecule is CC(=O)N[C@H](C(=O)N1C[C@H]2[C@@H]([C@H]1C(=O)N(C)C(C)[C@@H](C#N)c1cncc3ccccc13)C2(C)C)C(C)(C)C. The largest absolute Gasteiger partial charge is 0.344 e. The second-order valence-corrected chi connectivity index (χ2v) is 12.6. The Morgan fingerprint density at radius 1 is 1.21 bits per heavy atom. The molecule has 1 saturated heterocycles. The van der Waals surface area contributed by atoms with Gasteiger partial charge in [-0.25, -0.2) is 0 Å². The zero-order valence-corrected chi connectivity index (χ0v) is 23.6. The first kappa shape index (κ1) is 27.6. The molecule has 4 rings (SSSR count). The number of nitrogens with zero attached hydrogens (tertiary/aromatic N) is 4. The van der Waals surface area contributed by atoms with Gasteiger partial charge in [0.25, 0.3) is 0 Å². The third kappa shape index (κ3) is 4.63. The average molecular weight is 518 g/mol. The molecule has 2 aromatic rings. The van der Waals surface area contributed by atoms with E-state index in [0.717, 1.165) is 16.3 Å². The highest BCUT2D eigenvalue weighted by Crippen LogP contribution is 2.65. The summed E-state index contributed by atoms with van der Waals surface area (Å²) in [7, 11) is 1.72. The maximum absolute atomic E-state index is 14.2. The van der Waals surface area contributed by atoms with E-state index in [0.29, 0.717) is 6.54 Å². The number of amides is 3. The van der Waals surface area contributed by atoms with Gasteiger partial charge in [-0.2, -0.15) is 5.26 Å². The number of likely N-dealkylation sites (N-methyl/N-ethyl adjacent to an activating group) is 1. The highest BCUT2D eigenvalue weighted by molar-refractivity contribution is 5.94. The van der Waals surface area contributed by atoms with Gasteiger partial charge in [-0.1, -0.05) is 58.9 Å². The van der Waals surface area contributed by atoms with Crippen molar-refractivity contribution < 1.29 is 14.4 Å². The Balaban J connectivity index is 1.65. The molecule has 6 atom stereocenters. The highest BCUT2D eigenvalue weighted by Gasteiger charge is 2.70. The molecule has 3 amide bonds. The molecule has 8 heteroatoms. The number of likely N-dealkylation sites (tertiary alicyclic amines) is 1. The van der Waals surface area contributed by atoms with Gasteiger partial charge in [-0.05, 0) is 40.5 Å². The molecule has 1 aliphatic heterocycles. The summed E-state index contributed by atoms with van der Waals surface area (Å²) in [6, 6.07) is 8.35. The van der Waals surface area contributed by atoms with Crippen molar-refractivity contribution >= 4 is 28.5 Å². The number of nitriles is 1. The van der Waals surface area contributed by atoms with Gasteiger partial charge in [0.15, 0.2) is 0 Å². The van der Waals surface area contributed by atoms with Crippen molar-refractivity contribution in [3.8, 4) is 6.07 Å². The molecule has 1 unspecified atom stereocenters. The molecule has 1 aromatic heterocycles. The lowest BCUT2D eigenvalue weighted by Gasteiger charge is -2.39. The number of hydrogen-bond donors (Lipinski definition) is 1. The number of fused-ring (bicyclic) bond motifs is 2. The predicted octanol–water partition coefficient (Wildman–Crippen LogP) is 3.72. The van der Waals surface area contributed by atoms with Crippen LogP contribution in [0.2, 0.25) is 0 Å². The maximum atomic E-state index is 14.2. The first-order valence-electron chi connectivity index (χ1n) is 13.3. The summed E-state index contributed by atoms with van der Waals surface area (Å²) in [6.07, 6.45) is 3.47. The average Bonchev–Trinajstić information content (AvgIpc) is 3.18. The highest BCUT2D eigenvalue weighted by atomic mass is 16.2. The standard InChI is InChI=1S/C30H39N5O3/c1-17(21(13-31)22-15-32-14-19-11-9-10-12-20(19)22)34(8)27(37)25-24-23(30(24,6)7)16-35(25)28(38)26(29(3,4)5)33-18(2)36/h9-12,14-15,17,21,23-26H,16H2,1-8H3,(H,33,36)/t17?,21-,23+,24+,25+,26-/m1/s1. The second-order valence-electron chi connectivity index (χ2n) is 12.6. The monoisotopic (exact) mass is 517 g/mol. The van der Waals surface area contributed by atoms with Crippen LogP contribution < -0.4 is 5.32 Å². The third-order valence-corrected chi connectivity index (χ3v) is 8.82. The molecule has 202 valence electrons. The Hall–Kier alpha value is -3.47. The lowest BCUT2D eigenvalue weighted by Crippen LogP contribution is -2.59. The first-order chi connectivity index (χ1) is 17.7. The minimum absolute atomic E-state index is 0.0336. The summed E-state index contributed by atoms with van der Waals surface area (Å²) in [5, 5.41) is 14.9. The minimum atomic E-state index is -0.743. The number of carbonyl (C=O) groups is 3. The Labute approximate surface area is 225 Å². The van der Waals surface area contributed by atoms with Crippen LogP contribution in [0.25, 0.3) is 10.8 Å². The minimum Gasteiger partial charge on any atom is -0.344 e. The fourth-order valence-electron chi connectivity index (χ4n) is 6.27. The van der Waals surface area contributed by atoms with Gasteiger partial charge < -0.3 is 15.1 Å². The molecule has 1 saturated carbocycles. The van der Waals surface area contributed by atoms with E-state index in [-0.39, 0.29) is 35.0 Å². The van der Waals surface area contributed by atoms with E-state index in [4.69, 9.17) is 0 Å². The van der Waals surface area contributed by atoms with Gasteiger partial charge in [-0.15, -0.1) is 0 Å². The molecule has 1 N–H and O–H groups in total. The molecule has 1 aromatic carbocycles. The van der Waals surface area contributed by atoms with E-state index < -0.39 is 29.5 Å². The molecule has 2 aliphatic rings. The topological polar surface area (TPSA) is 106 Å². The Bertz CT molecular complexity index is 1300. The molecule has 2 heterocycles. The normalized spacial score (nSPS) is 24.1. The third-order valence-electron chi connectivity index (χ3n) is 8.82. The van der Waals surface area contributed by atoms with Crippen LogP contribution in [0.15, 0.2) is 36.7 Å². The molecule has 1 aliphatic carbocycles. The lowest BCUT2D eigenvalue weighted by molar-refractivity contribution is -0.149. The fraction of sp³-hybridized carbons (Fsp3) is 0.567. The summed E-state index contributed by atoms with van der Waals surface area (Å²) in [5.74, 6) is -1.03. The van der Waals surface area contributed by atoms with Crippen molar-refractivity contribution in [2.75, 3.05) is 13.6 Å². The summed E-state index contributed by atoms with van der Waals surface area (Å²) in [4.78, 5) is 47.6. The number of piperidine rings is 1. The summed E-state index contributed by atoms with van der Waals surface area (Å²) in [5.41, 5.74) is 0.200.